The molecular weight excluding hydrogens is 314 g/mol. The SMILES string of the molecule is CN1CCC[C@H]1Cc1c[nH]c2ccc(CC(=N)c3cccs3)cc12. The minimum atomic E-state index is 0.664. The predicted octanol–water partition coefficient (Wildman–Crippen LogP) is 4.48. The van der Waals surface area contributed by atoms with Crippen molar-refractivity contribution in [1.29, 1.82) is 5.41 Å². The standard InChI is InChI=1S/C20H23N3S/c1-23-8-2-4-16(23)12-15-13-22-19-7-6-14(10-17(15)19)11-18(21)20-5-3-9-24-20/h3,5-7,9-10,13,16,21-22H,2,4,8,11-12H2,1H3/t16-/m0/s1. The number of H-pyrrole nitrogens is 1. The van der Waals surface area contributed by atoms with Crippen LogP contribution in [0, 0.1) is 5.41 Å². The molecule has 0 spiro atoms. The second-order valence-electron chi connectivity index (χ2n) is 6.81. The first-order chi connectivity index (χ1) is 11.7. The van der Waals surface area contributed by atoms with Gasteiger partial charge in [0.05, 0.1) is 5.71 Å². The van der Waals surface area contributed by atoms with Gasteiger partial charge in [-0.05, 0) is 67.6 Å². The van der Waals surface area contributed by atoms with Crippen molar-refractivity contribution in [3.8, 4) is 0 Å². The highest BCUT2D eigenvalue weighted by Crippen LogP contribution is 2.26. The van der Waals surface area contributed by atoms with Crippen LogP contribution >= 0.6 is 11.3 Å². The summed E-state index contributed by atoms with van der Waals surface area (Å²) < 4.78 is 0. The van der Waals surface area contributed by atoms with Crippen LogP contribution in [0.2, 0.25) is 0 Å². The van der Waals surface area contributed by atoms with Gasteiger partial charge in [0, 0.05) is 34.4 Å². The number of likely N-dealkylation sites (N-methyl/N-ethyl adjacent to an activating group) is 1. The van der Waals surface area contributed by atoms with Crippen LogP contribution in [0.3, 0.4) is 0 Å². The number of fused-ring (bicyclic) bond motifs is 1. The quantitative estimate of drug-likeness (QED) is 0.663. The van der Waals surface area contributed by atoms with Gasteiger partial charge in [-0.3, -0.25) is 0 Å². The Morgan fingerprint density at radius 2 is 2.29 bits per heavy atom. The van der Waals surface area contributed by atoms with Gasteiger partial charge in [-0.2, -0.15) is 0 Å². The van der Waals surface area contributed by atoms with Crippen molar-refractivity contribution >= 4 is 28.0 Å². The summed E-state index contributed by atoms with van der Waals surface area (Å²) in [7, 11) is 2.24. The number of nitrogens with one attached hydrogen (secondary N) is 2. The molecule has 1 saturated heterocycles. The molecule has 1 aliphatic rings. The zero-order valence-corrected chi connectivity index (χ0v) is 14.8. The van der Waals surface area contributed by atoms with E-state index in [0.29, 0.717) is 18.2 Å². The lowest BCUT2D eigenvalue weighted by molar-refractivity contribution is 0.310. The number of rotatable bonds is 5. The highest BCUT2D eigenvalue weighted by atomic mass is 32.1. The predicted molar refractivity (Wildman–Crippen MR) is 103 cm³/mol. The van der Waals surface area contributed by atoms with Gasteiger partial charge in [-0.15, -0.1) is 11.3 Å². The molecule has 1 atom stereocenters. The largest absolute Gasteiger partial charge is 0.361 e. The molecule has 4 heteroatoms. The molecule has 0 amide bonds. The maximum Gasteiger partial charge on any atom is 0.0529 e. The van der Waals surface area contributed by atoms with Crippen LogP contribution in [0.1, 0.15) is 28.8 Å². The van der Waals surface area contributed by atoms with Crippen molar-refractivity contribution in [2.45, 2.75) is 31.7 Å². The van der Waals surface area contributed by atoms with E-state index in [4.69, 9.17) is 5.41 Å². The zero-order valence-electron chi connectivity index (χ0n) is 14.0. The number of likely N-dealkylation sites (tertiary alicyclic amines) is 1. The van der Waals surface area contributed by atoms with Crippen molar-refractivity contribution in [1.82, 2.24) is 9.88 Å². The summed E-state index contributed by atoms with van der Waals surface area (Å²) in [5.74, 6) is 0. The Labute approximate surface area is 146 Å². The Morgan fingerprint density at radius 3 is 3.04 bits per heavy atom. The molecular formula is C20H23N3S. The zero-order chi connectivity index (χ0) is 16.5. The lowest BCUT2D eigenvalue weighted by Gasteiger charge is -2.18. The van der Waals surface area contributed by atoms with Gasteiger partial charge >= 0.3 is 0 Å². The van der Waals surface area contributed by atoms with Gasteiger partial charge in [0.2, 0.25) is 0 Å². The summed E-state index contributed by atoms with van der Waals surface area (Å²) in [5.41, 5.74) is 4.55. The molecule has 1 fully saturated rings. The number of aromatic amines is 1. The fourth-order valence-corrected chi connectivity index (χ4v) is 4.41. The Kier molecular flexibility index (Phi) is 4.25. The molecule has 0 radical (unpaired) electrons. The van der Waals surface area contributed by atoms with Gasteiger partial charge in [-0.1, -0.05) is 12.1 Å². The third-order valence-corrected chi connectivity index (χ3v) is 6.09. The topological polar surface area (TPSA) is 42.9 Å². The number of benzene rings is 1. The lowest BCUT2D eigenvalue weighted by atomic mass is 10.00. The van der Waals surface area contributed by atoms with E-state index in [1.54, 1.807) is 11.3 Å². The van der Waals surface area contributed by atoms with Crippen LogP contribution in [0.5, 0.6) is 0 Å². The highest BCUT2D eigenvalue weighted by Gasteiger charge is 2.22. The van der Waals surface area contributed by atoms with Gasteiger partial charge < -0.3 is 15.3 Å². The molecule has 1 aromatic carbocycles. The molecule has 2 N–H and O–H groups in total. The molecule has 3 nitrogen and oxygen atoms in total. The summed E-state index contributed by atoms with van der Waals surface area (Å²) in [6.45, 7) is 1.22. The average Bonchev–Trinajstić information content (AvgIpc) is 3.31. The monoisotopic (exact) mass is 337 g/mol. The van der Waals surface area contributed by atoms with Crippen LogP contribution in [0.25, 0.3) is 10.9 Å². The Bertz CT molecular complexity index is 847. The van der Waals surface area contributed by atoms with E-state index in [1.165, 1.54) is 41.4 Å². The van der Waals surface area contributed by atoms with Crippen molar-refractivity contribution in [3.05, 3.63) is 57.9 Å². The van der Waals surface area contributed by atoms with Gasteiger partial charge in [-0.25, -0.2) is 0 Å². The van der Waals surface area contributed by atoms with Crippen LogP contribution in [-0.2, 0) is 12.8 Å². The molecule has 1 aliphatic heterocycles. The van der Waals surface area contributed by atoms with Gasteiger partial charge in [0.1, 0.15) is 0 Å². The molecule has 0 unspecified atom stereocenters. The van der Waals surface area contributed by atoms with E-state index in [1.807, 2.05) is 17.5 Å². The number of aromatic nitrogens is 1. The smallest absolute Gasteiger partial charge is 0.0529 e. The second kappa shape index (κ2) is 6.54. The summed E-state index contributed by atoms with van der Waals surface area (Å²) >= 11 is 1.64. The van der Waals surface area contributed by atoms with Crippen molar-refractivity contribution < 1.29 is 0 Å². The van der Waals surface area contributed by atoms with Crippen LogP contribution in [0.4, 0.5) is 0 Å². The first kappa shape index (κ1) is 15.6. The molecule has 24 heavy (non-hydrogen) atoms. The van der Waals surface area contributed by atoms with E-state index in [2.05, 4.69) is 41.3 Å². The molecule has 2 aromatic heterocycles. The third kappa shape index (κ3) is 3.04. The van der Waals surface area contributed by atoms with Crippen molar-refractivity contribution in [2.75, 3.05) is 13.6 Å². The number of hydrogen-bond donors (Lipinski definition) is 2. The van der Waals surface area contributed by atoms with Crippen LogP contribution in [-0.4, -0.2) is 35.2 Å². The fourth-order valence-electron chi connectivity index (χ4n) is 3.74. The summed E-state index contributed by atoms with van der Waals surface area (Å²) in [6.07, 6.45) is 6.59. The Hall–Kier alpha value is -1.91. The normalized spacial score (nSPS) is 18.5. The van der Waals surface area contributed by atoms with Crippen LogP contribution in [0.15, 0.2) is 41.9 Å². The minimum Gasteiger partial charge on any atom is -0.361 e. The molecule has 4 rings (SSSR count). The van der Waals surface area contributed by atoms with Crippen LogP contribution < -0.4 is 0 Å². The van der Waals surface area contributed by atoms with Gasteiger partial charge in [0.15, 0.2) is 0 Å². The summed E-state index contributed by atoms with van der Waals surface area (Å²) in [5, 5.41) is 11.7. The summed E-state index contributed by atoms with van der Waals surface area (Å²) in [6, 6.07) is 11.3. The molecule has 0 saturated carbocycles. The van der Waals surface area contributed by atoms with Crippen molar-refractivity contribution in [3.63, 3.8) is 0 Å². The van der Waals surface area contributed by atoms with E-state index in [9.17, 15) is 0 Å². The van der Waals surface area contributed by atoms with E-state index >= 15 is 0 Å². The molecule has 0 aliphatic carbocycles. The number of nitrogens with zero attached hydrogens (tertiary/aromatic N) is 1. The molecule has 124 valence electrons. The van der Waals surface area contributed by atoms with E-state index in [0.717, 1.165) is 11.3 Å². The molecule has 3 heterocycles. The second-order valence-corrected chi connectivity index (χ2v) is 7.75. The van der Waals surface area contributed by atoms with E-state index < -0.39 is 0 Å². The first-order valence-electron chi connectivity index (χ1n) is 8.61. The third-order valence-electron chi connectivity index (χ3n) is 5.16. The first-order valence-corrected chi connectivity index (χ1v) is 9.49. The number of thiophene rings is 1. The molecule has 3 aromatic rings. The summed E-state index contributed by atoms with van der Waals surface area (Å²) in [4.78, 5) is 6.96. The maximum atomic E-state index is 8.31. The molecule has 0 bridgehead atoms. The number of hydrogen-bond acceptors (Lipinski definition) is 3. The highest BCUT2D eigenvalue weighted by molar-refractivity contribution is 7.12. The average molecular weight is 337 g/mol. The Morgan fingerprint density at radius 1 is 1.38 bits per heavy atom. The Balaban J connectivity index is 1.57. The minimum absolute atomic E-state index is 0.664. The van der Waals surface area contributed by atoms with Gasteiger partial charge in [0.25, 0.3) is 0 Å². The lowest BCUT2D eigenvalue weighted by Crippen LogP contribution is -2.26. The fraction of sp³-hybridized carbons (Fsp3) is 0.350. The van der Waals surface area contributed by atoms with E-state index in [-0.39, 0.29) is 0 Å². The van der Waals surface area contributed by atoms with Crippen molar-refractivity contribution in [2.24, 2.45) is 0 Å². The maximum absolute atomic E-state index is 8.31.